The van der Waals surface area contributed by atoms with E-state index in [2.05, 4.69) is 25.6 Å². The van der Waals surface area contributed by atoms with Crippen LogP contribution in [0.4, 0.5) is 10.6 Å². The van der Waals surface area contributed by atoms with E-state index in [9.17, 15) is 9.59 Å². The lowest BCUT2D eigenvalue weighted by Crippen LogP contribution is -2.28. The van der Waals surface area contributed by atoms with Crippen LogP contribution in [0, 0.1) is 0 Å². The SMILES string of the molecule is CCNC(=O)Nc1cn2c(C(=O)OC)nc(-c3cccnc3)cc2n1. The molecule has 0 saturated heterocycles. The number of fused-ring (bicyclic) bond motifs is 1. The van der Waals surface area contributed by atoms with E-state index in [0.29, 0.717) is 23.7 Å². The highest BCUT2D eigenvalue weighted by Gasteiger charge is 2.17. The lowest BCUT2D eigenvalue weighted by Gasteiger charge is -2.06. The largest absolute Gasteiger partial charge is 0.463 e. The van der Waals surface area contributed by atoms with Crippen LogP contribution in [0.5, 0.6) is 0 Å². The summed E-state index contributed by atoms with van der Waals surface area (Å²) in [4.78, 5) is 36.5. The lowest BCUT2D eigenvalue weighted by atomic mass is 10.2. The third kappa shape index (κ3) is 3.39. The van der Waals surface area contributed by atoms with E-state index in [0.717, 1.165) is 5.56 Å². The number of aromatic nitrogens is 4. The second-order valence-electron chi connectivity index (χ2n) is 5.04. The molecule has 2 amide bonds. The second-order valence-corrected chi connectivity index (χ2v) is 5.04. The van der Waals surface area contributed by atoms with Gasteiger partial charge in [-0.25, -0.2) is 19.6 Å². The van der Waals surface area contributed by atoms with Crippen molar-refractivity contribution < 1.29 is 14.3 Å². The number of hydrogen-bond donors (Lipinski definition) is 2. The summed E-state index contributed by atoms with van der Waals surface area (Å²) < 4.78 is 6.26. The first kappa shape index (κ1) is 16.4. The second kappa shape index (κ2) is 6.95. The Morgan fingerprint density at radius 3 is 2.84 bits per heavy atom. The zero-order chi connectivity index (χ0) is 17.8. The predicted molar refractivity (Wildman–Crippen MR) is 90.3 cm³/mol. The highest BCUT2D eigenvalue weighted by Crippen LogP contribution is 2.21. The molecule has 3 rings (SSSR count). The molecule has 25 heavy (non-hydrogen) atoms. The van der Waals surface area contributed by atoms with Crippen LogP contribution in [-0.2, 0) is 4.74 Å². The van der Waals surface area contributed by atoms with Gasteiger partial charge < -0.3 is 10.1 Å². The van der Waals surface area contributed by atoms with Gasteiger partial charge in [-0.2, -0.15) is 0 Å². The molecule has 3 aromatic rings. The van der Waals surface area contributed by atoms with Gasteiger partial charge in [-0.15, -0.1) is 0 Å². The van der Waals surface area contributed by atoms with Crippen LogP contribution in [0.1, 0.15) is 17.5 Å². The number of pyridine rings is 1. The predicted octanol–water partition coefficient (Wildman–Crippen LogP) is 1.72. The Bertz CT molecular complexity index is 922. The maximum Gasteiger partial charge on any atom is 0.374 e. The topological polar surface area (TPSA) is 111 Å². The minimum atomic E-state index is -0.613. The summed E-state index contributed by atoms with van der Waals surface area (Å²) in [5.41, 5.74) is 1.70. The lowest BCUT2D eigenvalue weighted by molar-refractivity contribution is 0.0585. The van der Waals surface area contributed by atoms with E-state index < -0.39 is 5.97 Å². The molecule has 0 aromatic carbocycles. The number of ether oxygens (including phenoxy) is 1. The van der Waals surface area contributed by atoms with Crippen LogP contribution in [0.15, 0.2) is 36.8 Å². The third-order valence-electron chi connectivity index (χ3n) is 3.36. The van der Waals surface area contributed by atoms with Gasteiger partial charge in [0.05, 0.1) is 19.0 Å². The molecular weight excluding hydrogens is 324 g/mol. The van der Waals surface area contributed by atoms with Crippen LogP contribution in [0.3, 0.4) is 0 Å². The third-order valence-corrected chi connectivity index (χ3v) is 3.36. The number of rotatable bonds is 4. The molecule has 0 spiro atoms. The first-order chi connectivity index (χ1) is 12.1. The van der Waals surface area contributed by atoms with Crippen molar-refractivity contribution in [1.82, 2.24) is 24.7 Å². The summed E-state index contributed by atoms with van der Waals surface area (Å²) in [6, 6.07) is 4.91. The zero-order valence-corrected chi connectivity index (χ0v) is 13.7. The monoisotopic (exact) mass is 340 g/mol. The summed E-state index contributed by atoms with van der Waals surface area (Å²) >= 11 is 0. The van der Waals surface area contributed by atoms with Crippen molar-refractivity contribution in [2.45, 2.75) is 6.92 Å². The molecule has 0 saturated carbocycles. The quantitative estimate of drug-likeness (QED) is 0.700. The normalized spacial score (nSPS) is 10.5. The minimum Gasteiger partial charge on any atom is -0.463 e. The number of esters is 1. The fourth-order valence-corrected chi connectivity index (χ4v) is 2.27. The molecule has 0 bridgehead atoms. The van der Waals surface area contributed by atoms with E-state index >= 15 is 0 Å². The summed E-state index contributed by atoms with van der Waals surface area (Å²) in [6.07, 6.45) is 4.79. The number of urea groups is 1. The maximum atomic E-state index is 12.1. The van der Waals surface area contributed by atoms with Gasteiger partial charge in [-0.1, -0.05) is 0 Å². The first-order valence-corrected chi connectivity index (χ1v) is 7.56. The molecule has 0 aliphatic rings. The number of methoxy groups -OCH3 is 1. The average Bonchev–Trinajstić information content (AvgIpc) is 3.03. The van der Waals surface area contributed by atoms with Gasteiger partial charge in [0, 0.05) is 30.6 Å². The van der Waals surface area contributed by atoms with Gasteiger partial charge >= 0.3 is 12.0 Å². The van der Waals surface area contributed by atoms with Crippen LogP contribution in [-0.4, -0.2) is 45.0 Å². The standard InChI is InChI=1S/C16H16N6O3/c1-3-18-16(24)21-12-9-22-13(20-12)7-11(10-5-4-6-17-8-10)19-14(22)15(23)25-2/h4-9H,3H2,1-2H3,(H2,18,21,24). The molecule has 0 atom stereocenters. The Labute approximate surface area is 143 Å². The van der Waals surface area contributed by atoms with Crippen molar-refractivity contribution in [2.24, 2.45) is 0 Å². The number of hydrogen-bond acceptors (Lipinski definition) is 6. The van der Waals surface area contributed by atoms with E-state index in [4.69, 9.17) is 4.74 Å². The molecule has 0 aliphatic carbocycles. The van der Waals surface area contributed by atoms with Crippen molar-refractivity contribution in [1.29, 1.82) is 0 Å². The van der Waals surface area contributed by atoms with Crippen molar-refractivity contribution in [3.63, 3.8) is 0 Å². The highest BCUT2D eigenvalue weighted by atomic mass is 16.5. The van der Waals surface area contributed by atoms with Crippen molar-refractivity contribution in [2.75, 3.05) is 19.0 Å². The Balaban J connectivity index is 2.10. The van der Waals surface area contributed by atoms with Crippen LogP contribution in [0.2, 0.25) is 0 Å². The van der Waals surface area contributed by atoms with Crippen molar-refractivity contribution >= 4 is 23.5 Å². The Morgan fingerprint density at radius 1 is 1.32 bits per heavy atom. The fraction of sp³-hybridized carbons (Fsp3) is 0.188. The van der Waals surface area contributed by atoms with E-state index in [1.54, 1.807) is 24.5 Å². The molecule has 128 valence electrons. The summed E-state index contributed by atoms with van der Waals surface area (Å²) in [6.45, 7) is 2.29. The van der Waals surface area contributed by atoms with Crippen LogP contribution < -0.4 is 10.6 Å². The fourth-order valence-electron chi connectivity index (χ4n) is 2.27. The molecule has 3 aromatic heterocycles. The average molecular weight is 340 g/mol. The molecule has 9 heteroatoms. The number of nitrogens with one attached hydrogen (secondary N) is 2. The van der Waals surface area contributed by atoms with Gasteiger partial charge in [0.15, 0.2) is 5.82 Å². The van der Waals surface area contributed by atoms with E-state index in [1.165, 1.54) is 17.7 Å². The Hall–Kier alpha value is -3.49. The Kier molecular flexibility index (Phi) is 4.55. The highest BCUT2D eigenvalue weighted by molar-refractivity contribution is 5.90. The molecular formula is C16H16N6O3. The molecule has 0 radical (unpaired) electrons. The molecule has 0 unspecified atom stereocenters. The van der Waals surface area contributed by atoms with Crippen molar-refractivity contribution in [3.05, 3.63) is 42.6 Å². The summed E-state index contributed by atoms with van der Waals surface area (Å²) in [5, 5.41) is 5.21. The van der Waals surface area contributed by atoms with Crippen LogP contribution >= 0.6 is 0 Å². The van der Waals surface area contributed by atoms with E-state index in [-0.39, 0.29) is 11.9 Å². The van der Waals surface area contributed by atoms with Gasteiger partial charge in [0.2, 0.25) is 5.82 Å². The number of anilines is 1. The van der Waals surface area contributed by atoms with Gasteiger partial charge in [0.25, 0.3) is 0 Å². The molecule has 3 heterocycles. The van der Waals surface area contributed by atoms with Crippen molar-refractivity contribution in [3.8, 4) is 11.3 Å². The molecule has 0 fully saturated rings. The smallest absolute Gasteiger partial charge is 0.374 e. The maximum absolute atomic E-state index is 12.1. The number of carbonyl (C=O) groups excluding carboxylic acids is 2. The van der Waals surface area contributed by atoms with Gasteiger partial charge in [-0.3, -0.25) is 14.7 Å². The summed E-state index contributed by atoms with van der Waals surface area (Å²) in [7, 11) is 1.28. The number of nitrogens with zero attached hydrogens (tertiary/aromatic N) is 4. The molecule has 2 N–H and O–H groups in total. The van der Waals surface area contributed by atoms with Gasteiger partial charge in [0.1, 0.15) is 5.65 Å². The summed E-state index contributed by atoms with van der Waals surface area (Å²) in [5.74, 6) is -0.269. The molecule has 0 aliphatic heterocycles. The molecule has 9 nitrogen and oxygen atoms in total. The van der Waals surface area contributed by atoms with Gasteiger partial charge in [-0.05, 0) is 19.1 Å². The zero-order valence-electron chi connectivity index (χ0n) is 13.7. The van der Waals surface area contributed by atoms with Crippen LogP contribution in [0.25, 0.3) is 16.9 Å². The van der Waals surface area contributed by atoms with E-state index in [1.807, 2.05) is 13.0 Å². The number of imidazole rings is 1. The Morgan fingerprint density at radius 2 is 2.16 bits per heavy atom. The number of carbonyl (C=O) groups is 2. The minimum absolute atomic E-state index is 0.0512. The number of amides is 2. The first-order valence-electron chi connectivity index (χ1n) is 7.56.